The van der Waals surface area contributed by atoms with E-state index in [0.29, 0.717) is 12.8 Å². The van der Waals surface area contributed by atoms with E-state index in [9.17, 15) is 18.5 Å². The Morgan fingerprint density at radius 2 is 2.10 bits per heavy atom. The first-order valence-corrected chi connectivity index (χ1v) is 8.09. The molecule has 114 valence electrons. The molecule has 21 heavy (non-hydrogen) atoms. The molecule has 0 aliphatic rings. The smallest absolute Gasteiger partial charge is 0.258 e. The van der Waals surface area contributed by atoms with Crippen molar-refractivity contribution in [2.45, 2.75) is 30.7 Å². The van der Waals surface area contributed by atoms with Crippen molar-refractivity contribution in [1.82, 2.24) is 4.72 Å². The molecule has 6 nitrogen and oxygen atoms in total. The van der Waals surface area contributed by atoms with Crippen LogP contribution >= 0.6 is 23.2 Å². The highest BCUT2D eigenvalue weighted by atomic mass is 35.5. The Kier molecular flexibility index (Phi) is 5.98. The van der Waals surface area contributed by atoms with Gasteiger partial charge in [-0.15, -0.1) is 6.42 Å². The number of nitrogens with one attached hydrogen (secondary N) is 1. The largest absolute Gasteiger partial charge is 0.307 e. The van der Waals surface area contributed by atoms with E-state index >= 15 is 0 Å². The molecule has 0 spiro atoms. The van der Waals surface area contributed by atoms with E-state index in [0.717, 1.165) is 12.1 Å². The number of nitro benzene ring substituents is 1. The minimum absolute atomic E-state index is 0.244. The molecular weight excluding hydrogens is 339 g/mol. The molecule has 0 fully saturated rings. The van der Waals surface area contributed by atoms with Crippen LogP contribution in [0, 0.1) is 22.5 Å². The maximum atomic E-state index is 12.2. The van der Waals surface area contributed by atoms with Gasteiger partial charge in [-0.2, -0.15) is 4.72 Å². The molecule has 0 aromatic heterocycles. The molecule has 1 rings (SSSR count). The van der Waals surface area contributed by atoms with Gasteiger partial charge in [0.05, 0.1) is 11.0 Å². The molecule has 0 bridgehead atoms. The zero-order chi connectivity index (χ0) is 16.2. The summed E-state index contributed by atoms with van der Waals surface area (Å²) in [6, 6.07) is 1.48. The summed E-state index contributed by atoms with van der Waals surface area (Å²) in [6.07, 6.45) is 6.35. The standard InChI is InChI=1S/C12H12Cl2N2O4S/c1-3-5-8(4-2)15-21(19,20)10-7-6-9(13)12(11(10)14)16(17)18/h2,6-8,15H,3,5H2,1H3. The summed E-state index contributed by atoms with van der Waals surface area (Å²) >= 11 is 11.5. The fourth-order valence-electron chi connectivity index (χ4n) is 1.61. The van der Waals surface area contributed by atoms with Crippen LogP contribution in [-0.2, 0) is 10.0 Å². The number of sulfonamides is 1. The van der Waals surface area contributed by atoms with Gasteiger partial charge < -0.3 is 0 Å². The summed E-state index contributed by atoms with van der Waals surface area (Å²) in [5.74, 6) is 2.30. The van der Waals surface area contributed by atoms with Crippen molar-refractivity contribution in [1.29, 1.82) is 0 Å². The first-order chi connectivity index (χ1) is 9.74. The molecule has 1 unspecified atom stereocenters. The summed E-state index contributed by atoms with van der Waals surface area (Å²) in [4.78, 5) is 9.62. The molecule has 0 saturated heterocycles. The molecule has 1 aromatic carbocycles. The van der Waals surface area contributed by atoms with Crippen LogP contribution in [0.3, 0.4) is 0 Å². The molecule has 0 saturated carbocycles. The third-order valence-corrected chi connectivity index (χ3v) is 4.89. The second kappa shape index (κ2) is 7.09. The number of halogens is 2. The average Bonchev–Trinajstić information content (AvgIpc) is 2.37. The highest BCUT2D eigenvalue weighted by Crippen LogP contribution is 2.37. The zero-order valence-electron chi connectivity index (χ0n) is 11.0. The highest BCUT2D eigenvalue weighted by molar-refractivity contribution is 7.89. The van der Waals surface area contributed by atoms with E-state index in [1.54, 1.807) is 0 Å². The molecule has 0 aliphatic heterocycles. The molecule has 0 radical (unpaired) electrons. The first kappa shape index (κ1) is 17.7. The lowest BCUT2D eigenvalue weighted by molar-refractivity contribution is -0.384. The van der Waals surface area contributed by atoms with Crippen LogP contribution in [0.25, 0.3) is 0 Å². The fourth-order valence-corrected chi connectivity index (χ4v) is 3.69. The lowest BCUT2D eigenvalue weighted by atomic mass is 10.2. The molecule has 0 aliphatic carbocycles. The van der Waals surface area contributed by atoms with Crippen molar-refractivity contribution in [2.24, 2.45) is 0 Å². The van der Waals surface area contributed by atoms with E-state index in [1.807, 2.05) is 6.92 Å². The van der Waals surface area contributed by atoms with Crippen molar-refractivity contribution in [3.05, 3.63) is 32.3 Å². The minimum Gasteiger partial charge on any atom is -0.258 e. The van der Waals surface area contributed by atoms with Crippen LogP contribution in [0.15, 0.2) is 17.0 Å². The normalized spacial score (nSPS) is 12.7. The van der Waals surface area contributed by atoms with E-state index in [4.69, 9.17) is 29.6 Å². The Morgan fingerprint density at radius 1 is 1.48 bits per heavy atom. The summed E-state index contributed by atoms with van der Waals surface area (Å²) in [7, 11) is -4.08. The van der Waals surface area contributed by atoms with Crippen LogP contribution in [-0.4, -0.2) is 19.4 Å². The maximum absolute atomic E-state index is 12.2. The van der Waals surface area contributed by atoms with Gasteiger partial charge in [0.15, 0.2) is 0 Å². The van der Waals surface area contributed by atoms with Crippen molar-refractivity contribution in [2.75, 3.05) is 0 Å². The Morgan fingerprint density at radius 3 is 2.57 bits per heavy atom. The number of rotatable bonds is 6. The maximum Gasteiger partial charge on any atom is 0.307 e. The lowest BCUT2D eigenvalue weighted by Gasteiger charge is -2.13. The van der Waals surface area contributed by atoms with Gasteiger partial charge in [0, 0.05) is 0 Å². The lowest BCUT2D eigenvalue weighted by Crippen LogP contribution is -2.33. The third-order valence-electron chi connectivity index (χ3n) is 2.58. The number of hydrogen-bond donors (Lipinski definition) is 1. The Bertz CT molecular complexity index is 698. The number of terminal acetylenes is 1. The molecule has 9 heteroatoms. The van der Waals surface area contributed by atoms with Crippen molar-refractivity contribution < 1.29 is 13.3 Å². The second-order valence-corrected chi connectivity index (χ2v) is 6.56. The van der Waals surface area contributed by atoms with E-state index in [1.165, 1.54) is 0 Å². The van der Waals surface area contributed by atoms with Gasteiger partial charge in [-0.25, -0.2) is 8.42 Å². The van der Waals surface area contributed by atoms with Gasteiger partial charge in [-0.3, -0.25) is 10.1 Å². The predicted octanol–water partition coefficient (Wildman–Crippen LogP) is 2.98. The number of benzene rings is 1. The van der Waals surface area contributed by atoms with E-state index < -0.39 is 36.6 Å². The van der Waals surface area contributed by atoms with Crippen molar-refractivity contribution in [3.8, 4) is 12.3 Å². The topological polar surface area (TPSA) is 89.3 Å². The first-order valence-electron chi connectivity index (χ1n) is 5.85. The minimum atomic E-state index is -4.08. The van der Waals surface area contributed by atoms with Gasteiger partial charge in [0.2, 0.25) is 10.0 Å². The van der Waals surface area contributed by atoms with Crippen LogP contribution in [0.4, 0.5) is 5.69 Å². The van der Waals surface area contributed by atoms with Gasteiger partial charge in [-0.1, -0.05) is 42.5 Å². The monoisotopic (exact) mass is 350 g/mol. The summed E-state index contributed by atoms with van der Waals surface area (Å²) in [5, 5.41) is 10.1. The molecule has 1 atom stereocenters. The second-order valence-electron chi connectivity index (χ2n) is 4.09. The zero-order valence-corrected chi connectivity index (χ0v) is 13.3. The Labute approximate surface area is 132 Å². The quantitative estimate of drug-likeness (QED) is 0.485. The highest BCUT2D eigenvalue weighted by Gasteiger charge is 2.28. The molecule has 1 aromatic rings. The SMILES string of the molecule is C#CC(CCC)NS(=O)(=O)c1ccc(Cl)c([N+](=O)[O-])c1Cl. The van der Waals surface area contributed by atoms with Crippen molar-refractivity contribution in [3.63, 3.8) is 0 Å². The Hall–Kier alpha value is -1.33. The molecule has 0 heterocycles. The van der Waals surface area contributed by atoms with Gasteiger partial charge in [0.1, 0.15) is 14.9 Å². The van der Waals surface area contributed by atoms with Crippen LogP contribution in [0.5, 0.6) is 0 Å². The van der Waals surface area contributed by atoms with Crippen LogP contribution < -0.4 is 4.72 Å². The van der Waals surface area contributed by atoms with Gasteiger partial charge in [0.25, 0.3) is 0 Å². The molecule has 1 N–H and O–H groups in total. The predicted molar refractivity (Wildman–Crippen MR) is 81.0 cm³/mol. The number of nitrogens with zero attached hydrogens (tertiary/aromatic N) is 1. The van der Waals surface area contributed by atoms with E-state index in [-0.39, 0.29) is 5.02 Å². The number of hydrogen-bond acceptors (Lipinski definition) is 4. The number of nitro groups is 1. The summed E-state index contributed by atoms with van der Waals surface area (Å²) in [5.41, 5.74) is -0.658. The molecular formula is C12H12Cl2N2O4S. The van der Waals surface area contributed by atoms with Crippen molar-refractivity contribution >= 4 is 38.9 Å². The van der Waals surface area contributed by atoms with E-state index in [2.05, 4.69) is 10.6 Å². The van der Waals surface area contributed by atoms with Gasteiger partial charge >= 0.3 is 5.69 Å². The fraction of sp³-hybridized carbons (Fsp3) is 0.333. The third kappa shape index (κ3) is 4.08. The van der Waals surface area contributed by atoms with Crippen LogP contribution in [0.2, 0.25) is 10.0 Å². The average molecular weight is 351 g/mol. The summed E-state index contributed by atoms with van der Waals surface area (Å²) < 4.78 is 26.7. The van der Waals surface area contributed by atoms with Gasteiger partial charge in [-0.05, 0) is 18.6 Å². The summed E-state index contributed by atoms with van der Waals surface area (Å²) in [6.45, 7) is 1.85. The molecule has 0 amide bonds. The van der Waals surface area contributed by atoms with Crippen LogP contribution in [0.1, 0.15) is 19.8 Å². The Balaban J connectivity index is 3.31.